The van der Waals surface area contributed by atoms with Gasteiger partial charge in [-0.1, -0.05) is 17.8 Å². The van der Waals surface area contributed by atoms with Gasteiger partial charge in [-0.25, -0.2) is 4.98 Å². The minimum Gasteiger partial charge on any atom is -0.411 e. The van der Waals surface area contributed by atoms with Crippen LogP contribution in [0.5, 0.6) is 0 Å². The van der Waals surface area contributed by atoms with Crippen molar-refractivity contribution in [3.05, 3.63) is 37.2 Å². The van der Waals surface area contributed by atoms with Crippen molar-refractivity contribution in [3.8, 4) is 11.5 Å². The van der Waals surface area contributed by atoms with Gasteiger partial charge in [-0.05, 0) is 18.2 Å². The third kappa shape index (κ3) is 2.02. The first-order valence-electron chi connectivity index (χ1n) is 5.37. The lowest BCUT2D eigenvalue weighted by atomic mass is 10.2. The second-order valence-electron chi connectivity index (χ2n) is 3.61. The number of thioether (sulfide) groups is 1. The molecule has 0 fully saturated rings. The topological polar surface area (TPSA) is 67.6 Å². The van der Waals surface area contributed by atoms with E-state index in [1.807, 2.05) is 18.2 Å². The van der Waals surface area contributed by atoms with Crippen molar-refractivity contribution in [2.45, 2.75) is 5.22 Å². The van der Waals surface area contributed by atoms with Crippen LogP contribution in [0.3, 0.4) is 0 Å². The molecule has 0 saturated heterocycles. The first kappa shape index (κ1) is 11.0. The minimum absolute atomic E-state index is 0.512. The van der Waals surface area contributed by atoms with Crippen molar-refractivity contribution in [1.29, 1.82) is 0 Å². The van der Waals surface area contributed by atoms with Gasteiger partial charge >= 0.3 is 0 Å². The molecule has 0 bridgehead atoms. The quantitative estimate of drug-likeness (QED) is 0.575. The summed E-state index contributed by atoms with van der Waals surface area (Å²) < 4.78 is 5.56. The zero-order valence-electron chi connectivity index (χ0n) is 9.46. The maximum atomic E-state index is 5.56. The van der Waals surface area contributed by atoms with Crippen LogP contribution in [0.25, 0.3) is 22.5 Å². The average Bonchev–Trinajstić information content (AvgIpc) is 3.04. The van der Waals surface area contributed by atoms with Gasteiger partial charge in [-0.3, -0.25) is 0 Å². The van der Waals surface area contributed by atoms with Crippen molar-refractivity contribution in [1.82, 2.24) is 20.2 Å². The monoisotopic (exact) mass is 258 g/mol. The maximum absolute atomic E-state index is 5.56. The van der Waals surface area contributed by atoms with E-state index >= 15 is 0 Å². The largest absolute Gasteiger partial charge is 0.411 e. The lowest BCUT2D eigenvalue weighted by molar-refractivity contribution is 0.466. The molecular weight excluding hydrogens is 248 g/mol. The second-order valence-corrected chi connectivity index (χ2v) is 4.58. The first-order chi connectivity index (χ1) is 8.86. The van der Waals surface area contributed by atoms with Crippen LogP contribution in [0, 0.1) is 0 Å². The molecule has 0 aliphatic carbocycles. The molecule has 0 spiro atoms. The van der Waals surface area contributed by atoms with Crippen molar-refractivity contribution in [2.75, 3.05) is 5.75 Å². The van der Waals surface area contributed by atoms with Crippen LogP contribution >= 0.6 is 11.8 Å². The van der Waals surface area contributed by atoms with E-state index < -0.39 is 0 Å². The number of nitrogens with one attached hydrogen (secondary N) is 1. The SMILES string of the molecule is C=CCSc1nnc(-c2ccc3nc[nH]c3c2)o1. The van der Waals surface area contributed by atoms with Crippen LogP contribution in [0.2, 0.25) is 0 Å². The number of imidazole rings is 1. The van der Waals surface area contributed by atoms with Gasteiger partial charge in [0.2, 0.25) is 5.89 Å². The first-order valence-corrected chi connectivity index (χ1v) is 6.36. The Morgan fingerprint density at radius 2 is 2.33 bits per heavy atom. The smallest absolute Gasteiger partial charge is 0.277 e. The number of fused-ring (bicyclic) bond motifs is 1. The van der Waals surface area contributed by atoms with Crippen molar-refractivity contribution >= 4 is 22.8 Å². The third-order valence-electron chi connectivity index (χ3n) is 2.40. The molecule has 5 nitrogen and oxygen atoms in total. The van der Waals surface area contributed by atoms with Crippen LogP contribution in [0.15, 0.2) is 46.8 Å². The van der Waals surface area contributed by atoms with E-state index in [4.69, 9.17) is 4.42 Å². The van der Waals surface area contributed by atoms with Crippen LogP contribution in [0.4, 0.5) is 0 Å². The molecule has 0 atom stereocenters. The summed E-state index contributed by atoms with van der Waals surface area (Å²) in [5, 5.41) is 8.55. The molecule has 3 rings (SSSR count). The summed E-state index contributed by atoms with van der Waals surface area (Å²) in [6.07, 6.45) is 3.46. The number of nitrogens with zero attached hydrogens (tertiary/aromatic N) is 3. The van der Waals surface area contributed by atoms with E-state index in [-0.39, 0.29) is 0 Å². The Labute approximate surface area is 107 Å². The Morgan fingerprint density at radius 1 is 1.39 bits per heavy atom. The van der Waals surface area contributed by atoms with E-state index in [2.05, 4.69) is 26.7 Å². The molecule has 1 aromatic carbocycles. The van der Waals surface area contributed by atoms with E-state index in [1.165, 1.54) is 11.8 Å². The number of benzene rings is 1. The van der Waals surface area contributed by atoms with Gasteiger partial charge in [0.15, 0.2) is 0 Å². The molecule has 0 unspecified atom stereocenters. The summed E-state index contributed by atoms with van der Waals surface area (Å²) in [5.41, 5.74) is 2.75. The molecule has 0 amide bonds. The van der Waals surface area contributed by atoms with Gasteiger partial charge in [0.25, 0.3) is 5.22 Å². The number of aromatic amines is 1. The highest BCUT2D eigenvalue weighted by molar-refractivity contribution is 7.99. The van der Waals surface area contributed by atoms with Gasteiger partial charge < -0.3 is 9.40 Å². The summed E-state index contributed by atoms with van der Waals surface area (Å²) in [6, 6.07) is 5.78. The molecule has 1 N–H and O–H groups in total. The van der Waals surface area contributed by atoms with Crippen LogP contribution < -0.4 is 0 Å². The van der Waals surface area contributed by atoms with Gasteiger partial charge in [-0.15, -0.1) is 16.8 Å². The molecule has 6 heteroatoms. The van der Waals surface area contributed by atoms with Crippen LogP contribution in [0.1, 0.15) is 0 Å². The zero-order chi connectivity index (χ0) is 12.4. The van der Waals surface area contributed by atoms with Gasteiger partial charge in [0.05, 0.1) is 17.4 Å². The Morgan fingerprint density at radius 3 is 3.22 bits per heavy atom. The number of rotatable bonds is 4. The van der Waals surface area contributed by atoms with E-state index in [1.54, 1.807) is 12.4 Å². The van der Waals surface area contributed by atoms with Crippen LogP contribution in [-0.4, -0.2) is 25.9 Å². The van der Waals surface area contributed by atoms with Crippen LogP contribution in [-0.2, 0) is 0 Å². The number of hydrogen-bond acceptors (Lipinski definition) is 5. The fourth-order valence-corrected chi connectivity index (χ4v) is 2.08. The molecule has 0 saturated carbocycles. The highest BCUT2D eigenvalue weighted by Gasteiger charge is 2.09. The highest BCUT2D eigenvalue weighted by Crippen LogP contribution is 2.25. The molecule has 2 heterocycles. The van der Waals surface area contributed by atoms with E-state index in [0.717, 1.165) is 22.3 Å². The molecule has 3 aromatic rings. The Hall–Kier alpha value is -2.08. The van der Waals surface area contributed by atoms with Gasteiger partial charge in [0.1, 0.15) is 0 Å². The molecule has 0 aliphatic heterocycles. The fraction of sp³-hybridized carbons (Fsp3) is 0.0833. The molecule has 0 radical (unpaired) electrons. The molecular formula is C12H10N4OS. The van der Waals surface area contributed by atoms with E-state index in [9.17, 15) is 0 Å². The Kier molecular flexibility index (Phi) is 2.85. The third-order valence-corrected chi connectivity index (χ3v) is 3.21. The predicted octanol–water partition coefficient (Wildman–Crippen LogP) is 2.89. The maximum Gasteiger partial charge on any atom is 0.277 e. The highest BCUT2D eigenvalue weighted by atomic mass is 32.2. The number of aromatic nitrogens is 4. The molecule has 90 valence electrons. The van der Waals surface area contributed by atoms with Gasteiger partial charge in [0, 0.05) is 11.3 Å². The summed E-state index contributed by atoms with van der Waals surface area (Å²) >= 11 is 1.46. The summed E-state index contributed by atoms with van der Waals surface area (Å²) in [6.45, 7) is 3.65. The molecule has 2 aromatic heterocycles. The summed E-state index contributed by atoms with van der Waals surface area (Å²) in [5.74, 6) is 1.26. The molecule has 0 aliphatic rings. The lowest BCUT2D eigenvalue weighted by Crippen LogP contribution is -1.78. The Balaban J connectivity index is 1.92. The summed E-state index contributed by atoms with van der Waals surface area (Å²) in [4.78, 5) is 7.21. The second kappa shape index (κ2) is 4.66. The van der Waals surface area contributed by atoms with Gasteiger partial charge in [-0.2, -0.15) is 0 Å². The fourth-order valence-electron chi connectivity index (χ4n) is 1.58. The average molecular weight is 258 g/mol. The predicted molar refractivity (Wildman–Crippen MR) is 70.3 cm³/mol. The molecule has 18 heavy (non-hydrogen) atoms. The number of H-pyrrole nitrogens is 1. The standard InChI is InChI=1S/C12H10N4OS/c1-2-5-18-12-16-15-11(17-12)8-3-4-9-10(6-8)14-7-13-9/h2-4,6-7H,1,5H2,(H,13,14). The zero-order valence-corrected chi connectivity index (χ0v) is 10.3. The Bertz CT molecular complexity index is 688. The summed E-state index contributed by atoms with van der Waals surface area (Å²) in [7, 11) is 0. The van der Waals surface area contributed by atoms with Crippen molar-refractivity contribution in [3.63, 3.8) is 0 Å². The minimum atomic E-state index is 0.512. The van der Waals surface area contributed by atoms with Crippen molar-refractivity contribution in [2.24, 2.45) is 0 Å². The normalized spacial score (nSPS) is 10.9. The van der Waals surface area contributed by atoms with E-state index in [0.29, 0.717) is 11.1 Å². The lowest BCUT2D eigenvalue weighted by Gasteiger charge is -1.94. The van der Waals surface area contributed by atoms with Crippen molar-refractivity contribution < 1.29 is 4.42 Å². The number of hydrogen-bond donors (Lipinski definition) is 1.